The van der Waals surface area contributed by atoms with E-state index >= 15 is 0 Å². The van der Waals surface area contributed by atoms with Crippen LogP contribution in [0.1, 0.15) is 50.0 Å². The van der Waals surface area contributed by atoms with Crippen LogP contribution >= 0.6 is 0 Å². The number of furan rings is 1. The average molecular weight is 340 g/mol. The van der Waals surface area contributed by atoms with Crippen LogP contribution in [0.2, 0.25) is 0 Å². The highest BCUT2D eigenvalue weighted by Crippen LogP contribution is 2.70. The molecule has 3 aliphatic carbocycles. The lowest BCUT2D eigenvalue weighted by Crippen LogP contribution is -2.49. The molecule has 132 valence electrons. The molecule has 1 spiro atoms. The fraction of sp³-hybridized carbons (Fsp3) is 0.571. The van der Waals surface area contributed by atoms with Crippen LogP contribution in [0.25, 0.3) is 0 Å². The lowest BCUT2D eigenvalue weighted by molar-refractivity contribution is -0.137. The summed E-state index contributed by atoms with van der Waals surface area (Å²) in [6, 6.07) is 2.08. The van der Waals surface area contributed by atoms with Gasteiger partial charge < -0.3 is 13.9 Å². The summed E-state index contributed by atoms with van der Waals surface area (Å²) >= 11 is 0. The quantitative estimate of drug-likeness (QED) is 0.721. The van der Waals surface area contributed by atoms with Crippen LogP contribution in [0.3, 0.4) is 0 Å². The molecule has 25 heavy (non-hydrogen) atoms. The molecule has 4 nitrogen and oxygen atoms in total. The molecule has 0 amide bonds. The van der Waals surface area contributed by atoms with Gasteiger partial charge in [0, 0.05) is 23.3 Å². The summed E-state index contributed by atoms with van der Waals surface area (Å²) in [4.78, 5) is 12.2. The number of hydrogen-bond acceptors (Lipinski definition) is 4. The molecule has 1 aliphatic heterocycles. The summed E-state index contributed by atoms with van der Waals surface area (Å²) in [5.74, 6) is 1.65. The van der Waals surface area contributed by atoms with Crippen molar-refractivity contribution in [3.05, 3.63) is 47.5 Å². The second kappa shape index (κ2) is 5.10. The van der Waals surface area contributed by atoms with Crippen LogP contribution in [0, 0.1) is 17.3 Å². The topological polar surface area (TPSA) is 48.7 Å². The molecule has 0 aromatic carbocycles. The van der Waals surface area contributed by atoms with Crippen molar-refractivity contribution >= 4 is 5.97 Å². The molecule has 1 saturated heterocycles. The van der Waals surface area contributed by atoms with E-state index in [2.05, 4.69) is 19.1 Å². The highest BCUT2D eigenvalue weighted by Gasteiger charge is 2.69. The third-order valence-electron chi connectivity index (χ3n) is 7.29. The molecule has 0 N–H and O–H groups in total. The van der Waals surface area contributed by atoms with Crippen LogP contribution in [0.15, 0.2) is 40.5 Å². The summed E-state index contributed by atoms with van der Waals surface area (Å²) < 4.78 is 17.7. The fourth-order valence-electron chi connectivity index (χ4n) is 6.08. The number of allylic oxidation sites excluding steroid dienone is 2. The zero-order chi connectivity index (χ0) is 17.2. The van der Waals surface area contributed by atoms with Crippen LogP contribution in [0.4, 0.5) is 0 Å². The maximum Gasteiger partial charge on any atom is 0.333 e. The van der Waals surface area contributed by atoms with E-state index in [1.165, 1.54) is 12.7 Å². The monoisotopic (exact) mass is 340 g/mol. The number of rotatable bonds is 1. The third-order valence-corrected chi connectivity index (χ3v) is 7.29. The molecule has 1 aromatic rings. The van der Waals surface area contributed by atoms with Crippen LogP contribution in [-0.2, 0) is 20.7 Å². The van der Waals surface area contributed by atoms with Crippen molar-refractivity contribution in [1.29, 1.82) is 0 Å². The van der Waals surface area contributed by atoms with E-state index in [1.54, 1.807) is 6.26 Å². The fourth-order valence-corrected chi connectivity index (χ4v) is 6.08. The number of aryl methyl sites for hydroxylation is 1. The molecular weight excluding hydrogens is 316 g/mol. The summed E-state index contributed by atoms with van der Waals surface area (Å²) in [6.07, 6.45) is 12.9. The van der Waals surface area contributed by atoms with E-state index < -0.39 is 0 Å². The normalized spacial score (nSPS) is 41.2. The molecule has 4 heteroatoms. The highest BCUT2D eigenvalue weighted by atomic mass is 16.5. The molecule has 2 heterocycles. The smallest absolute Gasteiger partial charge is 0.333 e. The Morgan fingerprint density at radius 3 is 3.08 bits per heavy atom. The lowest BCUT2D eigenvalue weighted by Gasteiger charge is -2.50. The van der Waals surface area contributed by atoms with Crippen molar-refractivity contribution in [1.82, 2.24) is 0 Å². The summed E-state index contributed by atoms with van der Waals surface area (Å²) in [5.41, 5.74) is 1.75. The van der Waals surface area contributed by atoms with Gasteiger partial charge in [0.15, 0.2) is 0 Å². The third kappa shape index (κ3) is 1.84. The van der Waals surface area contributed by atoms with Crippen molar-refractivity contribution in [3.63, 3.8) is 0 Å². The predicted octanol–water partition coefficient (Wildman–Crippen LogP) is 4.13. The van der Waals surface area contributed by atoms with Gasteiger partial charge in [-0.2, -0.15) is 0 Å². The highest BCUT2D eigenvalue weighted by molar-refractivity contribution is 5.89. The Labute approximate surface area is 147 Å². The second-order valence-electron chi connectivity index (χ2n) is 8.15. The molecule has 0 radical (unpaired) electrons. The Kier molecular flexibility index (Phi) is 3.15. The minimum absolute atomic E-state index is 0.00426. The minimum Gasteiger partial charge on any atom is -0.466 e. The summed E-state index contributed by atoms with van der Waals surface area (Å²) in [5, 5.41) is 0. The molecule has 4 aliphatic rings. The van der Waals surface area contributed by atoms with E-state index in [9.17, 15) is 4.79 Å². The SMILES string of the molecule is COC(=O)C1=CC=C[C@H]2[C@@]3(CC[C@@H](C)[C@]24CCc2ccoc2[C@@H]4O3)C1. The van der Waals surface area contributed by atoms with Crippen LogP contribution < -0.4 is 0 Å². The minimum atomic E-state index is -0.321. The maximum atomic E-state index is 12.2. The van der Waals surface area contributed by atoms with Crippen molar-refractivity contribution < 1.29 is 18.7 Å². The zero-order valence-electron chi connectivity index (χ0n) is 14.8. The van der Waals surface area contributed by atoms with Gasteiger partial charge in [-0.3, -0.25) is 0 Å². The van der Waals surface area contributed by atoms with Gasteiger partial charge in [0.05, 0.1) is 19.0 Å². The first-order valence-corrected chi connectivity index (χ1v) is 9.30. The molecular formula is C21H24O4. The molecule has 1 aromatic heterocycles. The Balaban J connectivity index is 1.64. The lowest BCUT2D eigenvalue weighted by atomic mass is 9.51. The molecule has 2 fully saturated rings. The number of carbonyl (C=O) groups is 1. The van der Waals surface area contributed by atoms with E-state index in [1.807, 2.05) is 12.2 Å². The Bertz CT molecular complexity index is 788. The molecule has 5 rings (SSSR count). The molecule has 2 bridgehead atoms. The van der Waals surface area contributed by atoms with Gasteiger partial charge in [-0.15, -0.1) is 0 Å². The van der Waals surface area contributed by atoms with Gasteiger partial charge in [-0.25, -0.2) is 4.79 Å². The number of ether oxygens (including phenoxy) is 2. The van der Waals surface area contributed by atoms with Gasteiger partial charge >= 0.3 is 5.97 Å². The van der Waals surface area contributed by atoms with Gasteiger partial charge in [0.25, 0.3) is 0 Å². The standard InChI is InChI=1S/C21H24O4/c1-13-6-9-20-12-15(19(22)23-2)4-3-5-16(20)21(13)10-7-14-8-11-24-17(14)18(21)25-20/h3-5,8,11,13,16,18H,6-7,9-10,12H2,1-2H3/t13-,16+,18+,20-,21-/m1/s1. The Morgan fingerprint density at radius 1 is 1.36 bits per heavy atom. The second-order valence-corrected chi connectivity index (χ2v) is 8.15. The first-order valence-electron chi connectivity index (χ1n) is 9.30. The first kappa shape index (κ1) is 15.4. The first-order chi connectivity index (χ1) is 12.1. The van der Waals surface area contributed by atoms with E-state index in [0.717, 1.165) is 31.4 Å². The average Bonchev–Trinajstić information content (AvgIpc) is 3.10. The Hall–Kier alpha value is -1.81. The van der Waals surface area contributed by atoms with E-state index in [0.29, 0.717) is 23.8 Å². The van der Waals surface area contributed by atoms with Gasteiger partial charge in [-0.05, 0) is 43.2 Å². The Morgan fingerprint density at radius 2 is 2.24 bits per heavy atom. The summed E-state index contributed by atoms with van der Waals surface area (Å²) in [6.45, 7) is 2.37. The van der Waals surface area contributed by atoms with Crippen LogP contribution in [0.5, 0.6) is 0 Å². The molecule has 1 saturated carbocycles. The van der Waals surface area contributed by atoms with E-state index in [4.69, 9.17) is 13.9 Å². The number of hydrogen-bond donors (Lipinski definition) is 0. The number of carbonyl (C=O) groups excluding carboxylic acids is 1. The zero-order valence-corrected chi connectivity index (χ0v) is 14.8. The maximum absolute atomic E-state index is 12.2. The number of esters is 1. The van der Waals surface area contributed by atoms with Crippen molar-refractivity contribution in [3.8, 4) is 0 Å². The van der Waals surface area contributed by atoms with Gasteiger partial charge in [0.2, 0.25) is 0 Å². The molecule has 0 unspecified atom stereocenters. The summed E-state index contributed by atoms with van der Waals surface area (Å²) in [7, 11) is 1.45. The van der Waals surface area contributed by atoms with Crippen molar-refractivity contribution in [2.24, 2.45) is 17.3 Å². The van der Waals surface area contributed by atoms with E-state index in [-0.39, 0.29) is 23.1 Å². The van der Waals surface area contributed by atoms with Crippen LogP contribution in [-0.4, -0.2) is 18.7 Å². The van der Waals surface area contributed by atoms with Gasteiger partial charge in [0.1, 0.15) is 11.9 Å². The van der Waals surface area contributed by atoms with Gasteiger partial charge in [-0.1, -0.05) is 25.2 Å². The number of methoxy groups -OCH3 is 1. The van der Waals surface area contributed by atoms with Crippen molar-refractivity contribution in [2.75, 3.05) is 7.11 Å². The predicted molar refractivity (Wildman–Crippen MR) is 91.8 cm³/mol. The molecule has 5 atom stereocenters. The number of fused-ring (bicyclic) bond motifs is 2. The van der Waals surface area contributed by atoms with Crippen molar-refractivity contribution in [2.45, 2.75) is 50.7 Å². The largest absolute Gasteiger partial charge is 0.466 e.